The maximum Gasteiger partial charge on any atom is 0.327 e. The van der Waals surface area contributed by atoms with Gasteiger partial charge < -0.3 is 20.1 Å². The fraction of sp³-hybridized carbons (Fsp3) is 0.529. The number of carbonyl (C=O) groups excluding carboxylic acids is 5. The van der Waals surface area contributed by atoms with E-state index in [0.717, 1.165) is 16.5 Å². The lowest BCUT2D eigenvalue weighted by Gasteiger charge is -2.40. The predicted octanol–water partition coefficient (Wildman–Crippen LogP) is 3.60. The lowest BCUT2D eigenvalue weighted by atomic mass is 9.89. The summed E-state index contributed by atoms with van der Waals surface area (Å²) in [6.45, 7) is 13.8. The Bertz CT molecular complexity index is 1500. The highest BCUT2D eigenvalue weighted by atomic mass is 16.5. The lowest BCUT2D eigenvalue weighted by Crippen LogP contribution is -2.65. The third-order valence-corrected chi connectivity index (χ3v) is 8.08. The molecule has 0 aliphatic carbocycles. The molecule has 0 spiro atoms. The van der Waals surface area contributed by atoms with Crippen LogP contribution in [0.5, 0.6) is 0 Å². The van der Waals surface area contributed by atoms with Crippen molar-refractivity contribution in [1.29, 1.82) is 0 Å². The monoisotopic (exact) mass is 637 g/mol. The zero-order chi connectivity index (χ0) is 34.4. The summed E-state index contributed by atoms with van der Waals surface area (Å²) in [6.07, 6.45) is 4.19. The minimum Gasteiger partial charge on any atom is -0.468 e. The Balaban J connectivity index is 1.67. The number of ether oxygens (including phenoxy) is 2. The van der Waals surface area contributed by atoms with Crippen LogP contribution in [-0.2, 0) is 33.4 Å². The van der Waals surface area contributed by atoms with Crippen molar-refractivity contribution in [3.05, 3.63) is 47.7 Å². The third kappa shape index (κ3) is 8.90. The van der Waals surface area contributed by atoms with Crippen molar-refractivity contribution in [2.45, 2.75) is 92.0 Å². The Hall–Kier alpha value is -4.32. The van der Waals surface area contributed by atoms with Crippen molar-refractivity contribution >= 4 is 46.6 Å². The van der Waals surface area contributed by atoms with Gasteiger partial charge in [-0.25, -0.2) is 10.4 Å². The molecule has 0 radical (unpaired) electrons. The molecule has 1 saturated heterocycles. The minimum atomic E-state index is -1.05. The van der Waals surface area contributed by atoms with Crippen molar-refractivity contribution in [2.24, 2.45) is 11.3 Å². The molecule has 2 aromatic rings. The van der Waals surface area contributed by atoms with Gasteiger partial charge in [0, 0.05) is 18.9 Å². The van der Waals surface area contributed by atoms with Crippen molar-refractivity contribution in [2.75, 3.05) is 13.7 Å². The third-order valence-electron chi connectivity index (χ3n) is 8.08. The molecule has 12 heteroatoms. The summed E-state index contributed by atoms with van der Waals surface area (Å²) < 4.78 is 10.1. The Morgan fingerprint density at radius 3 is 2.37 bits per heavy atom. The van der Waals surface area contributed by atoms with Gasteiger partial charge in [-0.2, -0.15) is 0 Å². The van der Waals surface area contributed by atoms with Crippen LogP contribution in [0.4, 0.5) is 0 Å². The van der Waals surface area contributed by atoms with Crippen molar-refractivity contribution in [3.8, 4) is 0 Å². The van der Waals surface area contributed by atoms with Gasteiger partial charge in [-0.15, -0.1) is 0 Å². The number of rotatable bonds is 11. The first kappa shape index (κ1) is 36.2. The Kier molecular flexibility index (Phi) is 11.7. The molecule has 0 bridgehead atoms. The van der Waals surface area contributed by atoms with E-state index in [4.69, 9.17) is 9.47 Å². The molecule has 3 N–H and O–H groups in total. The van der Waals surface area contributed by atoms with Crippen LogP contribution >= 0.6 is 0 Å². The van der Waals surface area contributed by atoms with Crippen LogP contribution in [0.1, 0.15) is 85.6 Å². The SMILES string of the molecule is COC(=O)C1(C)CCCN(C(=O)[C@H](C)NC(=O)C(NC(=O)C(C)(C)/C=C/c2ccc3ccc([C@@H](C)OC(C)=O)nc3c2)C(C)C)N1. The summed E-state index contributed by atoms with van der Waals surface area (Å²) in [7, 11) is 1.29. The number of hydrogen-bond acceptors (Lipinski definition) is 9. The number of pyridine rings is 1. The average Bonchev–Trinajstić information content (AvgIpc) is 3.00. The summed E-state index contributed by atoms with van der Waals surface area (Å²) in [4.78, 5) is 68.2. The number of hydrogen-bond donors (Lipinski definition) is 3. The standard InChI is InChI=1S/C34H47N5O7/c1-20(2)28(29(41)35-21(3)30(42)39-18-10-16-34(8,38-39)32(44)45-9)37-31(43)33(6,7)17-15-24-11-12-25-13-14-26(36-27(25)19-24)22(4)46-23(5)40/h11-15,17,19-22,28,38H,10,16,18H2,1-9H3,(H,35,41)(H,37,43)/b17-15+/t21-,22+,28?,34?/m0/s1. The summed E-state index contributed by atoms with van der Waals surface area (Å²) in [5.74, 6) is -2.38. The van der Waals surface area contributed by atoms with Gasteiger partial charge in [-0.3, -0.25) is 29.0 Å². The molecule has 1 aliphatic heterocycles. The van der Waals surface area contributed by atoms with Crippen LogP contribution in [0.15, 0.2) is 36.4 Å². The Morgan fingerprint density at radius 2 is 1.74 bits per heavy atom. The number of carbonyl (C=O) groups is 5. The zero-order valence-corrected chi connectivity index (χ0v) is 28.2. The first-order chi connectivity index (χ1) is 21.5. The van der Waals surface area contributed by atoms with Crippen LogP contribution in [0, 0.1) is 11.3 Å². The van der Waals surface area contributed by atoms with E-state index in [9.17, 15) is 24.0 Å². The molecule has 4 atom stereocenters. The van der Waals surface area contributed by atoms with Gasteiger partial charge in [-0.1, -0.05) is 44.2 Å². The summed E-state index contributed by atoms with van der Waals surface area (Å²) >= 11 is 0. The fourth-order valence-electron chi connectivity index (χ4n) is 5.17. The van der Waals surface area contributed by atoms with Crippen LogP contribution in [-0.4, -0.2) is 70.9 Å². The van der Waals surface area contributed by atoms with Gasteiger partial charge >= 0.3 is 11.9 Å². The first-order valence-corrected chi connectivity index (χ1v) is 15.5. The number of amides is 3. The van der Waals surface area contributed by atoms with Gasteiger partial charge in [0.25, 0.3) is 5.91 Å². The molecule has 1 fully saturated rings. The van der Waals surface area contributed by atoms with E-state index in [1.807, 2.05) is 50.3 Å². The lowest BCUT2D eigenvalue weighted by molar-refractivity contribution is -0.157. The first-order valence-electron chi connectivity index (χ1n) is 15.5. The van der Waals surface area contributed by atoms with E-state index in [2.05, 4.69) is 21.0 Å². The number of esters is 2. The van der Waals surface area contributed by atoms with Crippen molar-refractivity contribution < 1.29 is 33.4 Å². The largest absolute Gasteiger partial charge is 0.468 e. The van der Waals surface area contributed by atoms with Crippen LogP contribution < -0.4 is 16.1 Å². The fourth-order valence-corrected chi connectivity index (χ4v) is 5.17. The molecular formula is C34H47N5O7. The van der Waals surface area contributed by atoms with Gasteiger partial charge in [0.15, 0.2) is 0 Å². The van der Waals surface area contributed by atoms with Crippen LogP contribution in [0.25, 0.3) is 17.0 Å². The topological polar surface area (TPSA) is 156 Å². The number of methoxy groups -OCH3 is 1. The maximum atomic E-state index is 13.4. The number of aromatic nitrogens is 1. The summed E-state index contributed by atoms with van der Waals surface area (Å²) in [5, 5.41) is 7.85. The summed E-state index contributed by atoms with van der Waals surface area (Å²) in [6, 6.07) is 7.65. The number of benzene rings is 1. The highest BCUT2D eigenvalue weighted by molar-refractivity contribution is 5.94. The van der Waals surface area contributed by atoms with E-state index >= 15 is 0 Å². The molecule has 12 nitrogen and oxygen atoms in total. The normalized spacial score (nSPS) is 19.0. The van der Waals surface area contributed by atoms with E-state index < -0.39 is 46.9 Å². The second-order valence-corrected chi connectivity index (χ2v) is 12.9. The number of nitrogens with one attached hydrogen (secondary N) is 3. The second-order valence-electron chi connectivity index (χ2n) is 12.9. The quantitative estimate of drug-likeness (QED) is 0.313. The van der Waals surface area contributed by atoms with E-state index in [0.29, 0.717) is 25.1 Å². The van der Waals surface area contributed by atoms with E-state index in [1.165, 1.54) is 19.0 Å². The molecule has 3 amide bonds. The smallest absolute Gasteiger partial charge is 0.327 e. The molecule has 3 rings (SSSR count). The number of hydrazine groups is 1. The minimum absolute atomic E-state index is 0.267. The number of fused-ring (bicyclic) bond motifs is 1. The second kappa shape index (κ2) is 14.8. The predicted molar refractivity (Wildman–Crippen MR) is 174 cm³/mol. The average molecular weight is 638 g/mol. The maximum absolute atomic E-state index is 13.4. The number of nitrogens with zero attached hydrogens (tertiary/aromatic N) is 2. The molecule has 250 valence electrons. The molecular weight excluding hydrogens is 590 g/mol. The van der Waals surface area contributed by atoms with Crippen LogP contribution in [0.3, 0.4) is 0 Å². The van der Waals surface area contributed by atoms with Crippen molar-refractivity contribution in [3.63, 3.8) is 0 Å². The molecule has 0 saturated carbocycles. The van der Waals surface area contributed by atoms with Gasteiger partial charge in [0.05, 0.1) is 23.7 Å². The van der Waals surface area contributed by atoms with Gasteiger partial charge in [0.2, 0.25) is 11.8 Å². The molecule has 2 unspecified atom stereocenters. The molecule has 2 heterocycles. The van der Waals surface area contributed by atoms with Crippen LogP contribution in [0.2, 0.25) is 0 Å². The molecule has 1 aromatic carbocycles. The van der Waals surface area contributed by atoms with Crippen molar-refractivity contribution in [1.82, 2.24) is 26.1 Å². The highest BCUT2D eigenvalue weighted by Crippen LogP contribution is 2.24. The molecule has 1 aliphatic rings. The van der Waals surface area contributed by atoms with E-state index in [1.54, 1.807) is 40.7 Å². The Labute approximate surface area is 270 Å². The highest BCUT2D eigenvalue weighted by Gasteiger charge is 2.41. The van der Waals surface area contributed by atoms with Gasteiger partial charge in [-0.05, 0) is 71.1 Å². The van der Waals surface area contributed by atoms with E-state index in [-0.39, 0.29) is 17.8 Å². The zero-order valence-electron chi connectivity index (χ0n) is 28.2. The summed E-state index contributed by atoms with van der Waals surface area (Å²) in [5.41, 5.74) is 3.08. The van der Waals surface area contributed by atoms with Gasteiger partial charge in [0.1, 0.15) is 23.7 Å². The Morgan fingerprint density at radius 1 is 1.07 bits per heavy atom. The molecule has 1 aromatic heterocycles. The molecule has 46 heavy (non-hydrogen) atoms.